The minimum Gasteiger partial charge on any atom is -0.324 e. The summed E-state index contributed by atoms with van der Waals surface area (Å²) in [6, 6.07) is 12.9. The van der Waals surface area contributed by atoms with Crippen LogP contribution in [-0.4, -0.2) is 15.7 Å². The Bertz CT molecular complexity index is 946. The van der Waals surface area contributed by atoms with Gasteiger partial charge < -0.3 is 5.32 Å². The molecule has 0 saturated heterocycles. The second-order valence-corrected chi connectivity index (χ2v) is 6.65. The first kappa shape index (κ1) is 17.1. The summed E-state index contributed by atoms with van der Waals surface area (Å²) in [5, 5.41) is 9.19. The molecule has 0 aliphatic carbocycles. The first-order valence-corrected chi connectivity index (χ1v) is 8.97. The highest BCUT2D eigenvalue weighted by atomic mass is 32.1. The van der Waals surface area contributed by atoms with Gasteiger partial charge in [0.1, 0.15) is 12.2 Å². The monoisotopic (exact) mass is 353 g/mol. The van der Waals surface area contributed by atoms with Crippen LogP contribution in [0.15, 0.2) is 52.6 Å². The molecule has 0 saturated carbocycles. The molecule has 3 rings (SSSR count). The fourth-order valence-corrected chi connectivity index (χ4v) is 3.33. The summed E-state index contributed by atoms with van der Waals surface area (Å²) >= 11 is 1.54. The molecule has 5 nitrogen and oxygen atoms in total. The molecule has 2 heterocycles. The first-order chi connectivity index (χ1) is 12.1. The molecular weight excluding hydrogens is 334 g/mol. The van der Waals surface area contributed by atoms with Gasteiger partial charge in [-0.05, 0) is 42.0 Å². The van der Waals surface area contributed by atoms with E-state index < -0.39 is 0 Å². The van der Waals surface area contributed by atoms with E-state index in [4.69, 9.17) is 0 Å². The maximum atomic E-state index is 12.4. The fraction of sp³-hybridized carbons (Fsp3) is 0.211. The van der Waals surface area contributed by atoms with Gasteiger partial charge >= 0.3 is 0 Å². The van der Waals surface area contributed by atoms with Crippen molar-refractivity contribution in [2.24, 2.45) is 0 Å². The molecule has 0 aliphatic heterocycles. The van der Waals surface area contributed by atoms with E-state index in [9.17, 15) is 9.59 Å². The average Bonchev–Trinajstić information content (AvgIpc) is 3.13. The van der Waals surface area contributed by atoms with Crippen molar-refractivity contribution in [3.05, 3.63) is 69.3 Å². The van der Waals surface area contributed by atoms with Gasteiger partial charge in [0, 0.05) is 11.8 Å². The van der Waals surface area contributed by atoms with Gasteiger partial charge in [-0.2, -0.15) is 5.10 Å². The minimum atomic E-state index is -0.295. The van der Waals surface area contributed by atoms with Crippen molar-refractivity contribution in [3.63, 3.8) is 0 Å². The summed E-state index contributed by atoms with van der Waals surface area (Å²) in [5.41, 5.74) is 3.28. The first-order valence-electron chi connectivity index (χ1n) is 8.09. The zero-order chi connectivity index (χ0) is 17.8. The summed E-state index contributed by atoms with van der Waals surface area (Å²) in [6.45, 7) is 3.88. The Morgan fingerprint density at radius 1 is 1.20 bits per heavy atom. The van der Waals surface area contributed by atoms with E-state index in [-0.39, 0.29) is 18.0 Å². The van der Waals surface area contributed by atoms with Crippen molar-refractivity contribution in [2.45, 2.75) is 26.8 Å². The van der Waals surface area contributed by atoms with Crippen molar-refractivity contribution in [3.8, 4) is 10.6 Å². The van der Waals surface area contributed by atoms with Crippen molar-refractivity contribution >= 4 is 22.9 Å². The second kappa shape index (κ2) is 7.44. The molecule has 0 atom stereocenters. The molecule has 0 aliphatic rings. The number of thiophene rings is 1. The third kappa shape index (κ3) is 3.85. The lowest BCUT2D eigenvalue weighted by molar-refractivity contribution is -0.117. The molecule has 1 N–H and O–H groups in total. The average molecular weight is 353 g/mol. The Morgan fingerprint density at radius 2 is 2.04 bits per heavy atom. The van der Waals surface area contributed by atoms with Crippen LogP contribution in [0.2, 0.25) is 0 Å². The molecule has 1 aromatic carbocycles. The van der Waals surface area contributed by atoms with Crippen LogP contribution in [0.1, 0.15) is 18.1 Å². The molecule has 0 unspecified atom stereocenters. The van der Waals surface area contributed by atoms with Crippen LogP contribution < -0.4 is 10.9 Å². The molecule has 3 aromatic rings. The number of carbonyl (C=O) groups is 1. The summed E-state index contributed by atoms with van der Waals surface area (Å²) < 4.78 is 1.20. The summed E-state index contributed by atoms with van der Waals surface area (Å²) in [7, 11) is 0. The number of hydrogen-bond acceptors (Lipinski definition) is 4. The number of hydrogen-bond donors (Lipinski definition) is 1. The lowest BCUT2D eigenvalue weighted by atomic mass is 10.1. The molecule has 0 bridgehead atoms. The Morgan fingerprint density at radius 3 is 2.76 bits per heavy atom. The number of amides is 1. The second-order valence-electron chi connectivity index (χ2n) is 5.70. The predicted molar refractivity (Wildman–Crippen MR) is 101 cm³/mol. The highest BCUT2D eigenvalue weighted by molar-refractivity contribution is 7.13. The van der Waals surface area contributed by atoms with Crippen molar-refractivity contribution < 1.29 is 4.79 Å². The summed E-state index contributed by atoms with van der Waals surface area (Å²) in [6.07, 6.45) is 0.823. The van der Waals surface area contributed by atoms with Gasteiger partial charge in [-0.3, -0.25) is 9.59 Å². The van der Waals surface area contributed by atoms with E-state index in [1.165, 1.54) is 10.7 Å². The highest BCUT2D eigenvalue weighted by Crippen LogP contribution is 2.22. The number of nitrogens with one attached hydrogen (secondary N) is 1. The Labute approximate surface area is 150 Å². The molecule has 1 amide bonds. The topological polar surface area (TPSA) is 64.0 Å². The summed E-state index contributed by atoms with van der Waals surface area (Å²) in [4.78, 5) is 25.4. The quantitative estimate of drug-likeness (QED) is 0.764. The van der Waals surface area contributed by atoms with E-state index in [1.54, 1.807) is 17.4 Å². The van der Waals surface area contributed by atoms with Crippen LogP contribution in [0, 0.1) is 6.92 Å². The zero-order valence-electron chi connectivity index (χ0n) is 14.2. The lowest BCUT2D eigenvalue weighted by Crippen LogP contribution is -2.29. The Balaban J connectivity index is 1.82. The van der Waals surface area contributed by atoms with Gasteiger partial charge in [0.05, 0.1) is 4.88 Å². The zero-order valence-corrected chi connectivity index (χ0v) is 15.0. The van der Waals surface area contributed by atoms with E-state index in [2.05, 4.69) is 10.4 Å². The van der Waals surface area contributed by atoms with Gasteiger partial charge in [-0.15, -0.1) is 11.3 Å². The summed E-state index contributed by atoms with van der Waals surface area (Å²) in [5.74, 6) is -0.262. The van der Waals surface area contributed by atoms with E-state index in [1.807, 2.05) is 49.6 Å². The number of aromatic nitrogens is 2. The standard InChI is InChI=1S/C19H19N3O2S/c1-3-14-7-4-6-13(2)19(14)20-17(23)12-22-18(24)10-9-15(21-22)16-8-5-11-25-16/h4-11H,3,12H2,1-2H3,(H,20,23). The third-order valence-corrected chi connectivity index (χ3v) is 4.83. The largest absolute Gasteiger partial charge is 0.324 e. The minimum absolute atomic E-state index is 0.116. The number of benzene rings is 1. The number of para-hydroxylation sites is 1. The van der Waals surface area contributed by atoms with Crippen LogP contribution in [0.5, 0.6) is 0 Å². The molecule has 0 fully saturated rings. The fourth-order valence-electron chi connectivity index (χ4n) is 2.63. The van der Waals surface area contributed by atoms with E-state index in [0.29, 0.717) is 5.69 Å². The van der Waals surface area contributed by atoms with Gasteiger partial charge in [-0.1, -0.05) is 31.2 Å². The molecule has 2 aromatic heterocycles. The SMILES string of the molecule is CCc1cccc(C)c1NC(=O)Cn1nc(-c2cccs2)ccc1=O. The van der Waals surface area contributed by atoms with Crippen LogP contribution in [-0.2, 0) is 17.8 Å². The van der Waals surface area contributed by atoms with Gasteiger partial charge in [0.2, 0.25) is 5.91 Å². The number of anilines is 1. The highest BCUT2D eigenvalue weighted by Gasteiger charge is 2.11. The maximum absolute atomic E-state index is 12.4. The van der Waals surface area contributed by atoms with E-state index in [0.717, 1.165) is 28.1 Å². The van der Waals surface area contributed by atoms with Gasteiger partial charge in [-0.25, -0.2) is 4.68 Å². The van der Waals surface area contributed by atoms with Crippen molar-refractivity contribution in [2.75, 3.05) is 5.32 Å². The number of rotatable bonds is 5. The maximum Gasteiger partial charge on any atom is 0.267 e. The van der Waals surface area contributed by atoms with Crippen LogP contribution in [0.25, 0.3) is 10.6 Å². The van der Waals surface area contributed by atoms with Crippen LogP contribution in [0.4, 0.5) is 5.69 Å². The number of nitrogens with zero attached hydrogens (tertiary/aromatic N) is 2. The molecule has 0 spiro atoms. The van der Waals surface area contributed by atoms with Crippen LogP contribution >= 0.6 is 11.3 Å². The molecule has 6 heteroatoms. The molecule has 25 heavy (non-hydrogen) atoms. The van der Waals surface area contributed by atoms with Crippen molar-refractivity contribution in [1.29, 1.82) is 0 Å². The van der Waals surface area contributed by atoms with E-state index >= 15 is 0 Å². The van der Waals surface area contributed by atoms with Gasteiger partial charge in [0.15, 0.2) is 0 Å². The molecule has 128 valence electrons. The molecular formula is C19H19N3O2S. The number of carbonyl (C=O) groups excluding carboxylic acids is 1. The molecule has 0 radical (unpaired) electrons. The Hall–Kier alpha value is -2.73. The lowest BCUT2D eigenvalue weighted by Gasteiger charge is -2.13. The predicted octanol–water partition coefficient (Wildman–Crippen LogP) is 3.48. The van der Waals surface area contributed by atoms with Crippen molar-refractivity contribution in [1.82, 2.24) is 9.78 Å². The number of aryl methyl sites for hydroxylation is 2. The normalized spacial score (nSPS) is 10.6. The van der Waals surface area contributed by atoms with Crippen LogP contribution in [0.3, 0.4) is 0 Å². The smallest absolute Gasteiger partial charge is 0.267 e. The Kier molecular flexibility index (Phi) is 5.09. The van der Waals surface area contributed by atoms with Gasteiger partial charge in [0.25, 0.3) is 5.56 Å². The third-order valence-electron chi connectivity index (χ3n) is 3.94.